The monoisotopic (exact) mass is 351 g/mol. The first-order valence-electron chi connectivity index (χ1n) is 7.74. The van der Waals surface area contributed by atoms with Crippen LogP contribution in [0.5, 0.6) is 5.75 Å². The highest BCUT2D eigenvalue weighted by Gasteiger charge is 2.37. The first-order valence-corrected chi connectivity index (χ1v) is 8.56. The summed E-state index contributed by atoms with van der Waals surface area (Å²) in [6.07, 6.45) is 3.71. The van der Waals surface area contributed by atoms with E-state index in [1.807, 2.05) is 43.3 Å². The molecule has 4 nitrogen and oxygen atoms in total. The summed E-state index contributed by atoms with van der Waals surface area (Å²) in [6.45, 7) is 1.91. The second kappa shape index (κ2) is 7.40. The van der Waals surface area contributed by atoms with E-state index in [0.29, 0.717) is 16.3 Å². The molecule has 2 amide bonds. The van der Waals surface area contributed by atoms with Gasteiger partial charge in [-0.1, -0.05) is 48.5 Å². The molecule has 2 aromatic carbocycles. The molecular weight excluding hydrogens is 334 g/mol. The van der Waals surface area contributed by atoms with Gasteiger partial charge in [-0.3, -0.25) is 9.59 Å². The van der Waals surface area contributed by atoms with Crippen molar-refractivity contribution in [2.24, 2.45) is 0 Å². The van der Waals surface area contributed by atoms with Crippen molar-refractivity contribution in [1.82, 2.24) is 0 Å². The normalized spacial score (nSPS) is 16.6. The fraction of sp³-hybridized carbons (Fsp3) is 0.100. The predicted octanol–water partition coefficient (Wildman–Crippen LogP) is 4.88. The van der Waals surface area contributed by atoms with Crippen LogP contribution in [0.1, 0.15) is 12.5 Å². The molecule has 0 bridgehead atoms. The van der Waals surface area contributed by atoms with Gasteiger partial charge in [-0.05, 0) is 48.0 Å². The molecule has 0 radical (unpaired) electrons. The third kappa shape index (κ3) is 3.67. The van der Waals surface area contributed by atoms with Crippen LogP contribution < -0.4 is 9.64 Å². The zero-order valence-corrected chi connectivity index (χ0v) is 14.7. The number of methoxy groups -OCH3 is 1. The molecule has 0 spiro atoms. The summed E-state index contributed by atoms with van der Waals surface area (Å²) in [5, 5.41) is -0.326. The number of allylic oxidation sites excluding steroid dienone is 2. The Balaban J connectivity index is 1.90. The van der Waals surface area contributed by atoms with Crippen molar-refractivity contribution in [2.75, 3.05) is 12.0 Å². The van der Waals surface area contributed by atoms with E-state index in [1.165, 1.54) is 7.11 Å². The minimum atomic E-state index is -0.333. The van der Waals surface area contributed by atoms with Crippen LogP contribution in [0.25, 0.3) is 6.08 Å². The van der Waals surface area contributed by atoms with Crippen LogP contribution in [0, 0.1) is 0 Å². The quantitative estimate of drug-likeness (QED) is 0.736. The van der Waals surface area contributed by atoms with Crippen molar-refractivity contribution >= 4 is 34.7 Å². The summed E-state index contributed by atoms with van der Waals surface area (Å²) < 4.78 is 5.26. The average Bonchev–Trinajstić information content (AvgIpc) is 2.89. The molecule has 126 valence electrons. The molecule has 1 fully saturated rings. The number of imide groups is 1. The Morgan fingerprint density at radius 3 is 2.44 bits per heavy atom. The van der Waals surface area contributed by atoms with Crippen LogP contribution in [0.3, 0.4) is 0 Å². The lowest BCUT2D eigenvalue weighted by Gasteiger charge is -2.15. The number of ether oxygens (including phenoxy) is 1. The van der Waals surface area contributed by atoms with Crippen molar-refractivity contribution in [2.45, 2.75) is 6.92 Å². The molecule has 0 aromatic heterocycles. The van der Waals surface area contributed by atoms with Crippen molar-refractivity contribution in [3.05, 3.63) is 76.7 Å². The number of rotatable bonds is 4. The topological polar surface area (TPSA) is 46.6 Å². The standard InChI is InChI=1S/C20H17NO3S/c1-14(12-15-8-4-3-5-9-15)13-18-19(22)21(20(23)25-18)16-10-6-7-11-17(16)24-2/h3-13H,1-2H3/b14-12+,18-13-. The van der Waals surface area contributed by atoms with Crippen LogP contribution >= 0.6 is 11.8 Å². The van der Waals surface area contributed by atoms with Gasteiger partial charge < -0.3 is 4.74 Å². The first kappa shape index (κ1) is 17.0. The lowest BCUT2D eigenvalue weighted by molar-refractivity contribution is -0.113. The van der Waals surface area contributed by atoms with Gasteiger partial charge in [0.25, 0.3) is 11.1 Å². The molecule has 1 aliphatic rings. The van der Waals surface area contributed by atoms with Crippen molar-refractivity contribution in [3.63, 3.8) is 0 Å². The highest BCUT2D eigenvalue weighted by atomic mass is 32.2. The molecule has 0 unspecified atom stereocenters. The minimum Gasteiger partial charge on any atom is -0.495 e. The Hall–Kier alpha value is -2.79. The van der Waals surface area contributed by atoms with Gasteiger partial charge in [0.1, 0.15) is 5.75 Å². The lowest BCUT2D eigenvalue weighted by Crippen LogP contribution is -2.28. The summed E-state index contributed by atoms with van der Waals surface area (Å²) in [7, 11) is 1.51. The highest BCUT2D eigenvalue weighted by Crippen LogP contribution is 2.39. The predicted molar refractivity (Wildman–Crippen MR) is 102 cm³/mol. The number of para-hydroxylation sites is 2. The maximum atomic E-state index is 12.7. The molecule has 1 aliphatic heterocycles. The van der Waals surface area contributed by atoms with Crippen LogP contribution in [0.4, 0.5) is 10.5 Å². The molecule has 1 saturated heterocycles. The average molecular weight is 351 g/mol. The molecule has 0 saturated carbocycles. The van der Waals surface area contributed by atoms with E-state index in [2.05, 4.69) is 0 Å². The largest absolute Gasteiger partial charge is 0.495 e. The molecule has 25 heavy (non-hydrogen) atoms. The first-order chi connectivity index (χ1) is 12.1. The fourth-order valence-electron chi connectivity index (χ4n) is 2.55. The van der Waals surface area contributed by atoms with E-state index in [0.717, 1.165) is 27.8 Å². The van der Waals surface area contributed by atoms with Gasteiger partial charge in [0.05, 0.1) is 17.7 Å². The number of thioether (sulfide) groups is 1. The van der Waals surface area contributed by atoms with Crippen LogP contribution in [-0.4, -0.2) is 18.3 Å². The highest BCUT2D eigenvalue weighted by molar-refractivity contribution is 8.18. The van der Waals surface area contributed by atoms with E-state index in [4.69, 9.17) is 4.74 Å². The summed E-state index contributed by atoms with van der Waals surface area (Å²) in [5.41, 5.74) is 2.40. The van der Waals surface area contributed by atoms with Crippen LogP contribution in [-0.2, 0) is 4.79 Å². The van der Waals surface area contributed by atoms with Gasteiger partial charge >= 0.3 is 0 Å². The van der Waals surface area contributed by atoms with Crippen molar-refractivity contribution < 1.29 is 14.3 Å². The van der Waals surface area contributed by atoms with E-state index in [-0.39, 0.29) is 11.1 Å². The zero-order valence-electron chi connectivity index (χ0n) is 13.9. The van der Waals surface area contributed by atoms with Gasteiger partial charge in [-0.25, -0.2) is 4.90 Å². The molecule has 0 atom stereocenters. The second-order valence-corrected chi connectivity index (χ2v) is 6.48. The molecule has 0 N–H and O–H groups in total. The van der Waals surface area contributed by atoms with E-state index < -0.39 is 0 Å². The number of hydrogen-bond acceptors (Lipinski definition) is 4. The van der Waals surface area contributed by atoms with Gasteiger partial charge in [-0.15, -0.1) is 0 Å². The summed E-state index contributed by atoms with van der Waals surface area (Å²) >= 11 is 0.937. The maximum absolute atomic E-state index is 12.7. The van der Waals surface area contributed by atoms with Gasteiger partial charge in [0.2, 0.25) is 0 Å². The number of amides is 2. The number of carbonyl (C=O) groups is 2. The number of benzene rings is 2. The van der Waals surface area contributed by atoms with Gasteiger partial charge in [0.15, 0.2) is 0 Å². The van der Waals surface area contributed by atoms with E-state index in [9.17, 15) is 9.59 Å². The van der Waals surface area contributed by atoms with Crippen LogP contribution in [0.15, 0.2) is 71.2 Å². The Labute approximate surface area is 150 Å². The molecule has 0 aliphatic carbocycles. The summed E-state index contributed by atoms with van der Waals surface area (Å²) in [4.78, 5) is 26.6. The molecule has 2 aromatic rings. The van der Waals surface area contributed by atoms with Crippen molar-refractivity contribution in [1.29, 1.82) is 0 Å². The molecule has 5 heteroatoms. The number of anilines is 1. The summed E-state index contributed by atoms with van der Waals surface area (Å²) in [6, 6.07) is 16.8. The minimum absolute atomic E-state index is 0.326. The lowest BCUT2D eigenvalue weighted by atomic mass is 10.1. The number of hydrogen-bond donors (Lipinski definition) is 0. The smallest absolute Gasteiger partial charge is 0.298 e. The van der Waals surface area contributed by atoms with E-state index >= 15 is 0 Å². The molecular formula is C20H17NO3S. The number of carbonyl (C=O) groups excluding carboxylic acids is 2. The van der Waals surface area contributed by atoms with Gasteiger partial charge in [-0.2, -0.15) is 0 Å². The third-order valence-corrected chi connectivity index (χ3v) is 4.54. The van der Waals surface area contributed by atoms with Gasteiger partial charge in [0, 0.05) is 0 Å². The zero-order chi connectivity index (χ0) is 17.8. The van der Waals surface area contributed by atoms with E-state index in [1.54, 1.807) is 30.3 Å². The molecule has 1 heterocycles. The Kier molecular flexibility index (Phi) is 5.05. The molecule has 3 rings (SSSR count). The fourth-order valence-corrected chi connectivity index (χ4v) is 3.43. The Morgan fingerprint density at radius 2 is 1.72 bits per heavy atom. The van der Waals surface area contributed by atoms with Crippen molar-refractivity contribution in [3.8, 4) is 5.75 Å². The number of nitrogens with zero attached hydrogens (tertiary/aromatic N) is 1. The second-order valence-electron chi connectivity index (χ2n) is 5.49. The Bertz CT molecular complexity index is 872. The Morgan fingerprint density at radius 1 is 1.04 bits per heavy atom. The van der Waals surface area contributed by atoms with Crippen LogP contribution in [0.2, 0.25) is 0 Å². The third-order valence-electron chi connectivity index (χ3n) is 3.67. The maximum Gasteiger partial charge on any atom is 0.298 e. The SMILES string of the molecule is COc1ccccc1N1C(=O)S/C(=C\C(C)=C\c2ccccc2)C1=O. The summed E-state index contributed by atoms with van der Waals surface area (Å²) in [5.74, 6) is 0.155.